The van der Waals surface area contributed by atoms with E-state index in [4.69, 9.17) is 18.0 Å². The van der Waals surface area contributed by atoms with Gasteiger partial charge in [-0.1, -0.05) is 25.1 Å². The largest absolute Gasteiger partial charge is 0.360 e. The van der Waals surface area contributed by atoms with E-state index in [0.29, 0.717) is 16.3 Å². The van der Waals surface area contributed by atoms with E-state index in [1.807, 2.05) is 11.9 Å². The minimum absolute atomic E-state index is 0.360. The summed E-state index contributed by atoms with van der Waals surface area (Å²) in [5, 5.41) is 0. The highest BCUT2D eigenvalue weighted by Gasteiger charge is 2.22. The number of hydrogen-bond donors (Lipinski definition) is 2. The Morgan fingerprint density at radius 2 is 2.15 bits per heavy atom. The molecule has 0 aromatic carbocycles. The Hall–Kier alpha value is 0.200. The number of thiol groups is 1. The van der Waals surface area contributed by atoms with Crippen LogP contribution in [0.15, 0.2) is 0 Å². The molecule has 76 valence electrons. The minimum Gasteiger partial charge on any atom is -0.360 e. The van der Waals surface area contributed by atoms with Gasteiger partial charge < -0.3 is 10.6 Å². The molecule has 0 heterocycles. The first-order valence-electron chi connectivity index (χ1n) is 4.81. The lowest BCUT2D eigenvalue weighted by Crippen LogP contribution is -2.40. The lowest BCUT2D eigenvalue weighted by molar-refractivity contribution is 0.263. The quantitative estimate of drug-likeness (QED) is 0.545. The van der Waals surface area contributed by atoms with Gasteiger partial charge in [0, 0.05) is 19.6 Å². The highest BCUT2D eigenvalue weighted by Crippen LogP contribution is 2.23. The number of thiocarbonyl (C=S) groups is 1. The van der Waals surface area contributed by atoms with E-state index in [0.717, 1.165) is 13.0 Å². The molecule has 0 amide bonds. The first-order chi connectivity index (χ1) is 6.11. The van der Waals surface area contributed by atoms with Gasteiger partial charge in [0.05, 0.1) is 0 Å². The van der Waals surface area contributed by atoms with Crippen LogP contribution in [0.25, 0.3) is 0 Å². The molecule has 0 spiro atoms. The lowest BCUT2D eigenvalue weighted by atomic mass is 9.85. The summed E-state index contributed by atoms with van der Waals surface area (Å²) in [5.41, 5.74) is 6.03. The second-order valence-electron chi connectivity index (χ2n) is 3.87. The third-order valence-corrected chi connectivity index (χ3v) is 3.46. The van der Waals surface area contributed by atoms with Crippen molar-refractivity contribution in [3.05, 3.63) is 0 Å². The van der Waals surface area contributed by atoms with E-state index in [-0.39, 0.29) is 0 Å². The van der Waals surface area contributed by atoms with Gasteiger partial charge in [0.25, 0.3) is 0 Å². The third kappa shape index (κ3) is 3.44. The van der Waals surface area contributed by atoms with Crippen LogP contribution >= 0.6 is 24.8 Å². The fraction of sp³-hybridized carbons (Fsp3) is 0.889. The SMILES string of the molecule is CN(CC1CCCCC1N)C(=S)S. The van der Waals surface area contributed by atoms with Crippen molar-refractivity contribution in [1.82, 2.24) is 4.90 Å². The van der Waals surface area contributed by atoms with Crippen LogP contribution in [-0.4, -0.2) is 28.9 Å². The van der Waals surface area contributed by atoms with E-state index in [1.165, 1.54) is 19.3 Å². The summed E-state index contributed by atoms with van der Waals surface area (Å²) >= 11 is 9.11. The molecule has 1 saturated carbocycles. The monoisotopic (exact) mass is 218 g/mol. The maximum Gasteiger partial charge on any atom is 0.133 e. The van der Waals surface area contributed by atoms with E-state index < -0.39 is 0 Å². The Morgan fingerprint density at radius 3 is 2.69 bits per heavy atom. The highest BCUT2D eigenvalue weighted by molar-refractivity contribution is 8.10. The normalized spacial score (nSPS) is 28.5. The fourth-order valence-electron chi connectivity index (χ4n) is 1.89. The minimum atomic E-state index is 0.360. The average Bonchev–Trinajstić information content (AvgIpc) is 2.08. The van der Waals surface area contributed by atoms with Crippen molar-refractivity contribution < 1.29 is 0 Å². The molecule has 2 unspecified atom stereocenters. The van der Waals surface area contributed by atoms with Crippen molar-refractivity contribution in [3.63, 3.8) is 0 Å². The van der Waals surface area contributed by atoms with Crippen molar-refractivity contribution >= 4 is 29.2 Å². The molecule has 0 saturated heterocycles. The van der Waals surface area contributed by atoms with Crippen LogP contribution < -0.4 is 5.73 Å². The Bertz CT molecular complexity index is 184. The first-order valence-corrected chi connectivity index (χ1v) is 5.66. The third-order valence-electron chi connectivity index (χ3n) is 2.80. The molecular formula is C9H18N2S2. The summed E-state index contributed by atoms with van der Waals surface area (Å²) in [6.07, 6.45) is 5.00. The molecule has 2 N–H and O–H groups in total. The zero-order valence-electron chi connectivity index (χ0n) is 8.07. The van der Waals surface area contributed by atoms with Gasteiger partial charge in [-0.2, -0.15) is 0 Å². The number of hydrogen-bond acceptors (Lipinski definition) is 2. The molecule has 4 heteroatoms. The van der Waals surface area contributed by atoms with Crippen LogP contribution in [0.3, 0.4) is 0 Å². The van der Waals surface area contributed by atoms with Crippen LogP contribution in [0.4, 0.5) is 0 Å². The van der Waals surface area contributed by atoms with Gasteiger partial charge in [-0.25, -0.2) is 0 Å². The Labute approximate surface area is 91.3 Å². The molecule has 0 aromatic heterocycles. The molecule has 2 nitrogen and oxygen atoms in total. The summed E-state index contributed by atoms with van der Waals surface area (Å²) in [7, 11) is 1.98. The topological polar surface area (TPSA) is 29.3 Å². The summed E-state index contributed by atoms with van der Waals surface area (Å²) in [6.45, 7) is 0.962. The van der Waals surface area contributed by atoms with Crippen LogP contribution in [0.5, 0.6) is 0 Å². The Morgan fingerprint density at radius 1 is 1.54 bits per heavy atom. The van der Waals surface area contributed by atoms with Gasteiger partial charge in [0.2, 0.25) is 0 Å². The van der Waals surface area contributed by atoms with Gasteiger partial charge in [-0.15, -0.1) is 12.6 Å². The zero-order valence-corrected chi connectivity index (χ0v) is 9.78. The molecule has 2 atom stereocenters. The maximum atomic E-state index is 6.03. The van der Waals surface area contributed by atoms with E-state index in [9.17, 15) is 0 Å². The predicted molar refractivity (Wildman–Crippen MR) is 64.1 cm³/mol. The predicted octanol–water partition coefficient (Wildman–Crippen LogP) is 1.65. The van der Waals surface area contributed by atoms with Crippen LogP contribution in [0, 0.1) is 5.92 Å². The lowest BCUT2D eigenvalue weighted by Gasteiger charge is -2.32. The molecule has 1 fully saturated rings. The Balaban J connectivity index is 2.37. The molecule has 1 aliphatic rings. The van der Waals surface area contributed by atoms with Crippen molar-refractivity contribution in [2.75, 3.05) is 13.6 Å². The molecule has 1 aliphatic carbocycles. The van der Waals surface area contributed by atoms with Gasteiger partial charge in [0.1, 0.15) is 4.32 Å². The Kier molecular flexibility index (Phi) is 4.49. The summed E-state index contributed by atoms with van der Waals surface area (Å²) in [5.74, 6) is 0.601. The average molecular weight is 218 g/mol. The van der Waals surface area contributed by atoms with Crippen molar-refractivity contribution in [2.45, 2.75) is 31.7 Å². The first kappa shape index (κ1) is 11.3. The van der Waals surface area contributed by atoms with Gasteiger partial charge in [-0.3, -0.25) is 0 Å². The molecule has 0 radical (unpaired) electrons. The maximum absolute atomic E-state index is 6.03. The van der Waals surface area contributed by atoms with Crippen LogP contribution in [0.2, 0.25) is 0 Å². The number of nitrogens with zero attached hydrogens (tertiary/aromatic N) is 1. The van der Waals surface area contributed by atoms with Crippen LogP contribution in [0.1, 0.15) is 25.7 Å². The van der Waals surface area contributed by atoms with Crippen molar-refractivity contribution in [2.24, 2.45) is 11.7 Å². The van der Waals surface area contributed by atoms with E-state index in [1.54, 1.807) is 0 Å². The molecule has 1 rings (SSSR count). The second kappa shape index (κ2) is 5.17. The number of nitrogens with two attached hydrogens (primary N) is 1. The van der Waals surface area contributed by atoms with Gasteiger partial charge >= 0.3 is 0 Å². The molecule has 0 aromatic rings. The molecule has 13 heavy (non-hydrogen) atoms. The highest BCUT2D eigenvalue weighted by atomic mass is 32.1. The van der Waals surface area contributed by atoms with Crippen LogP contribution in [-0.2, 0) is 0 Å². The second-order valence-corrected chi connectivity index (χ2v) is 4.98. The fourth-order valence-corrected chi connectivity index (χ4v) is 2.05. The molecule has 0 bridgehead atoms. The zero-order chi connectivity index (χ0) is 9.84. The summed E-state index contributed by atoms with van der Waals surface area (Å²) in [6, 6.07) is 0.360. The standard InChI is InChI=1S/C9H18N2S2/c1-11(9(12)13)6-7-4-2-3-5-8(7)10/h7-8H,2-6,10H2,1H3,(H,12,13). The van der Waals surface area contributed by atoms with Crippen molar-refractivity contribution in [3.8, 4) is 0 Å². The van der Waals surface area contributed by atoms with E-state index in [2.05, 4.69) is 12.6 Å². The van der Waals surface area contributed by atoms with Gasteiger partial charge in [-0.05, 0) is 18.8 Å². The van der Waals surface area contributed by atoms with Crippen molar-refractivity contribution in [1.29, 1.82) is 0 Å². The van der Waals surface area contributed by atoms with Gasteiger partial charge in [0.15, 0.2) is 0 Å². The number of rotatable bonds is 2. The smallest absolute Gasteiger partial charge is 0.133 e. The summed E-state index contributed by atoms with van der Waals surface area (Å²) in [4.78, 5) is 2.01. The molecule has 0 aliphatic heterocycles. The summed E-state index contributed by atoms with van der Waals surface area (Å²) < 4.78 is 0.665. The van der Waals surface area contributed by atoms with E-state index >= 15 is 0 Å². The molecular weight excluding hydrogens is 200 g/mol.